The van der Waals surface area contributed by atoms with Crippen LogP contribution in [0.15, 0.2) is 12.1 Å². The zero-order chi connectivity index (χ0) is 13.9. The van der Waals surface area contributed by atoms with Gasteiger partial charge in [-0.25, -0.2) is 8.78 Å². The van der Waals surface area contributed by atoms with Gasteiger partial charge in [-0.2, -0.15) is 0 Å². The summed E-state index contributed by atoms with van der Waals surface area (Å²) in [5.41, 5.74) is 14.9. The van der Waals surface area contributed by atoms with Crippen LogP contribution in [0.5, 0.6) is 0 Å². The van der Waals surface area contributed by atoms with Gasteiger partial charge in [-0.15, -0.1) is 0 Å². The summed E-state index contributed by atoms with van der Waals surface area (Å²) in [6, 6.07) is 0.654. The predicted octanol–water partition coefficient (Wildman–Crippen LogP) is -0.312. The fourth-order valence-electron chi connectivity index (χ4n) is 1.22. The second-order valence-corrected chi connectivity index (χ2v) is 3.59. The van der Waals surface area contributed by atoms with E-state index in [9.17, 15) is 18.4 Å². The fraction of sp³-hybridized carbons (Fsp3) is 0.200. The first-order chi connectivity index (χ1) is 8.32. The Morgan fingerprint density at radius 1 is 1.33 bits per heavy atom. The van der Waals surface area contributed by atoms with Crippen LogP contribution in [-0.2, 0) is 9.59 Å². The van der Waals surface area contributed by atoms with Crippen molar-refractivity contribution in [1.82, 2.24) is 0 Å². The lowest BCUT2D eigenvalue weighted by Gasteiger charge is -2.13. The Morgan fingerprint density at radius 2 is 1.94 bits per heavy atom. The van der Waals surface area contributed by atoms with Gasteiger partial charge in [0.15, 0.2) is 11.6 Å². The number of nitrogen functional groups attached to an aromatic ring is 1. The molecule has 7 N–H and O–H groups in total. The zero-order valence-electron chi connectivity index (χ0n) is 9.24. The third kappa shape index (κ3) is 3.14. The second-order valence-electron chi connectivity index (χ2n) is 3.59. The molecule has 0 fully saturated rings. The number of rotatable bonds is 4. The largest absolute Gasteiger partial charge is 0.397 e. The highest BCUT2D eigenvalue weighted by Gasteiger charge is 2.20. The second kappa shape index (κ2) is 5.41. The van der Waals surface area contributed by atoms with Crippen molar-refractivity contribution >= 4 is 23.2 Å². The molecular weight excluding hydrogens is 246 g/mol. The quantitative estimate of drug-likeness (QED) is 0.553. The molecule has 0 saturated heterocycles. The topological polar surface area (TPSA) is 124 Å². The number of carbonyl (C=O) groups is 2. The number of benzene rings is 1. The lowest BCUT2D eigenvalue weighted by atomic mass is 10.2. The van der Waals surface area contributed by atoms with Crippen molar-refractivity contribution in [1.29, 1.82) is 0 Å². The Labute approximate surface area is 101 Å². The predicted molar refractivity (Wildman–Crippen MR) is 61.2 cm³/mol. The number of nitrogens with two attached hydrogens (primary N) is 3. The van der Waals surface area contributed by atoms with Gasteiger partial charge in [-0.1, -0.05) is 0 Å². The maximum Gasteiger partial charge on any atom is 0.241 e. The van der Waals surface area contributed by atoms with E-state index in [1.54, 1.807) is 0 Å². The van der Waals surface area contributed by atoms with Crippen molar-refractivity contribution in [2.75, 3.05) is 11.1 Å². The van der Waals surface area contributed by atoms with Crippen molar-refractivity contribution in [2.24, 2.45) is 11.5 Å². The van der Waals surface area contributed by atoms with E-state index in [2.05, 4.69) is 0 Å². The van der Waals surface area contributed by atoms with Crippen molar-refractivity contribution in [3.8, 4) is 0 Å². The van der Waals surface area contributed by atoms with E-state index in [0.29, 0.717) is 0 Å². The molecule has 18 heavy (non-hydrogen) atoms. The molecule has 0 heterocycles. The third-order valence-electron chi connectivity index (χ3n) is 2.13. The first-order valence-electron chi connectivity index (χ1n) is 4.91. The van der Waals surface area contributed by atoms with Crippen LogP contribution < -0.4 is 22.5 Å². The monoisotopic (exact) mass is 258 g/mol. The molecule has 0 saturated carbocycles. The van der Waals surface area contributed by atoms with Crippen molar-refractivity contribution in [3.05, 3.63) is 23.8 Å². The van der Waals surface area contributed by atoms with Crippen LogP contribution >= 0.6 is 0 Å². The average molecular weight is 258 g/mol. The summed E-state index contributed by atoms with van der Waals surface area (Å²) in [7, 11) is 0. The van der Waals surface area contributed by atoms with Crippen molar-refractivity contribution in [3.63, 3.8) is 0 Å². The third-order valence-corrected chi connectivity index (χ3v) is 2.13. The van der Waals surface area contributed by atoms with Gasteiger partial charge in [0.2, 0.25) is 11.8 Å². The van der Waals surface area contributed by atoms with E-state index in [1.807, 2.05) is 5.32 Å². The van der Waals surface area contributed by atoms with E-state index in [0.717, 1.165) is 12.1 Å². The molecule has 0 unspecified atom stereocenters. The molecule has 0 spiro atoms. The fourth-order valence-corrected chi connectivity index (χ4v) is 1.22. The summed E-state index contributed by atoms with van der Waals surface area (Å²) in [4.78, 5) is 22.0. The lowest BCUT2D eigenvalue weighted by Crippen LogP contribution is -2.39. The van der Waals surface area contributed by atoms with Crippen LogP contribution in [0.1, 0.15) is 6.42 Å². The van der Waals surface area contributed by atoms with Gasteiger partial charge in [0, 0.05) is 0 Å². The van der Waals surface area contributed by atoms with Crippen LogP contribution in [0.4, 0.5) is 20.2 Å². The number of primary amides is 1. The maximum absolute atomic E-state index is 13.3. The van der Waals surface area contributed by atoms with E-state index in [1.165, 1.54) is 0 Å². The smallest absolute Gasteiger partial charge is 0.241 e. The molecule has 0 aromatic heterocycles. The van der Waals surface area contributed by atoms with Gasteiger partial charge in [-0.3, -0.25) is 9.59 Å². The van der Waals surface area contributed by atoms with Crippen LogP contribution in [0.2, 0.25) is 0 Å². The minimum absolute atomic E-state index is 0.159. The first kappa shape index (κ1) is 13.8. The molecule has 1 rings (SSSR count). The van der Waals surface area contributed by atoms with Crippen molar-refractivity contribution in [2.45, 2.75) is 12.5 Å². The molecule has 2 amide bonds. The summed E-state index contributed by atoms with van der Waals surface area (Å²) in [6.45, 7) is 0. The Balaban J connectivity index is 2.88. The number of anilines is 2. The van der Waals surface area contributed by atoms with E-state index < -0.39 is 41.6 Å². The molecule has 98 valence electrons. The van der Waals surface area contributed by atoms with Crippen LogP contribution in [0.3, 0.4) is 0 Å². The molecule has 0 aliphatic carbocycles. The number of hydrogen-bond acceptors (Lipinski definition) is 4. The van der Waals surface area contributed by atoms with Gasteiger partial charge in [-0.05, 0) is 12.1 Å². The van der Waals surface area contributed by atoms with Gasteiger partial charge in [0.1, 0.15) is 5.69 Å². The summed E-state index contributed by atoms with van der Waals surface area (Å²) in [6.07, 6.45) is -0.414. The normalized spacial score (nSPS) is 11.9. The van der Waals surface area contributed by atoms with Gasteiger partial charge < -0.3 is 22.5 Å². The molecule has 6 nitrogen and oxygen atoms in total. The molecular formula is C10H12F2N4O2. The molecule has 1 aromatic rings. The molecule has 1 atom stereocenters. The summed E-state index contributed by atoms with van der Waals surface area (Å²) >= 11 is 0. The lowest BCUT2D eigenvalue weighted by molar-refractivity contribution is -0.123. The van der Waals surface area contributed by atoms with E-state index in [-0.39, 0.29) is 5.69 Å². The SMILES string of the molecule is NC(=O)C[C@H](N)C(=O)Nc1c(N)ccc(F)c1F. The number of nitrogens with one attached hydrogen (secondary N) is 1. The Bertz CT molecular complexity index is 493. The van der Waals surface area contributed by atoms with Crippen molar-refractivity contribution < 1.29 is 18.4 Å². The number of hydrogen-bond donors (Lipinski definition) is 4. The molecule has 0 radical (unpaired) electrons. The van der Waals surface area contributed by atoms with E-state index >= 15 is 0 Å². The summed E-state index contributed by atoms with van der Waals surface area (Å²) < 4.78 is 26.3. The number of amides is 2. The molecule has 0 bridgehead atoms. The summed E-state index contributed by atoms with van der Waals surface area (Å²) in [5, 5.41) is 2.01. The van der Waals surface area contributed by atoms with Gasteiger partial charge >= 0.3 is 0 Å². The zero-order valence-corrected chi connectivity index (χ0v) is 9.24. The minimum Gasteiger partial charge on any atom is -0.397 e. The molecule has 8 heteroatoms. The molecule has 1 aromatic carbocycles. The first-order valence-corrected chi connectivity index (χ1v) is 4.91. The summed E-state index contributed by atoms with van der Waals surface area (Å²) in [5.74, 6) is -4.13. The Kier molecular flexibility index (Phi) is 4.16. The highest BCUT2D eigenvalue weighted by molar-refractivity contribution is 5.99. The number of carbonyl (C=O) groups excluding carboxylic acids is 2. The maximum atomic E-state index is 13.3. The molecule has 0 aliphatic rings. The minimum atomic E-state index is -1.30. The number of halogens is 2. The van der Waals surface area contributed by atoms with Crippen LogP contribution in [0.25, 0.3) is 0 Å². The van der Waals surface area contributed by atoms with E-state index in [4.69, 9.17) is 17.2 Å². The van der Waals surface area contributed by atoms with Crippen LogP contribution in [-0.4, -0.2) is 17.9 Å². The average Bonchev–Trinajstić information content (AvgIpc) is 2.28. The highest BCUT2D eigenvalue weighted by Crippen LogP contribution is 2.24. The Hall–Kier alpha value is -2.22. The Morgan fingerprint density at radius 3 is 2.50 bits per heavy atom. The van der Waals surface area contributed by atoms with Gasteiger partial charge in [0.25, 0.3) is 0 Å². The highest BCUT2D eigenvalue weighted by atomic mass is 19.2. The van der Waals surface area contributed by atoms with Crippen LogP contribution in [0, 0.1) is 11.6 Å². The molecule has 0 aliphatic heterocycles. The standard InChI is InChI=1S/C10H12F2N4O2/c11-4-1-2-5(13)9(8(4)12)16-10(18)6(14)3-7(15)17/h1-2,6H,3,13-14H2,(H2,15,17)(H,16,18)/t6-/m0/s1. The van der Waals surface area contributed by atoms with Gasteiger partial charge in [0.05, 0.1) is 18.2 Å².